The minimum atomic E-state index is -0.313. The van der Waals surface area contributed by atoms with E-state index in [-0.39, 0.29) is 17.8 Å². The Bertz CT molecular complexity index is 468. The second kappa shape index (κ2) is 4.04. The monoisotopic (exact) mass is 220 g/mol. The molecule has 0 aliphatic carbocycles. The molecule has 0 saturated heterocycles. The molecule has 0 aromatic heterocycles. The molecular weight excluding hydrogens is 207 g/mol. The van der Waals surface area contributed by atoms with Crippen LogP contribution in [-0.4, -0.2) is 24.2 Å². The zero-order chi connectivity index (χ0) is 11.7. The molecule has 4 heteroatoms. The van der Waals surface area contributed by atoms with Crippen molar-refractivity contribution < 1.29 is 9.18 Å². The van der Waals surface area contributed by atoms with Crippen molar-refractivity contribution in [1.82, 2.24) is 5.32 Å². The van der Waals surface area contributed by atoms with E-state index in [1.165, 1.54) is 6.07 Å². The van der Waals surface area contributed by atoms with E-state index in [1.807, 2.05) is 6.92 Å². The number of nitrogens with one attached hydrogen (secondary N) is 1. The molecule has 2 rings (SSSR count). The largest absolute Gasteiger partial charge is 0.346 e. The van der Waals surface area contributed by atoms with E-state index in [9.17, 15) is 9.18 Å². The number of rotatable bonds is 1. The van der Waals surface area contributed by atoms with Gasteiger partial charge in [-0.1, -0.05) is 12.1 Å². The molecule has 3 nitrogen and oxygen atoms in total. The maximum Gasteiger partial charge on any atom is 0.270 e. The van der Waals surface area contributed by atoms with E-state index >= 15 is 0 Å². The Balaban J connectivity index is 2.45. The van der Waals surface area contributed by atoms with E-state index in [4.69, 9.17) is 0 Å². The van der Waals surface area contributed by atoms with Gasteiger partial charge in [0.2, 0.25) is 0 Å². The van der Waals surface area contributed by atoms with Gasteiger partial charge in [0.15, 0.2) is 0 Å². The van der Waals surface area contributed by atoms with Gasteiger partial charge in [-0.15, -0.1) is 0 Å². The summed E-state index contributed by atoms with van der Waals surface area (Å²) in [6, 6.07) is 4.73. The van der Waals surface area contributed by atoms with Gasteiger partial charge < -0.3 is 5.32 Å². The molecule has 1 aliphatic heterocycles. The topological polar surface area (TPSA) is 41.5 Å². The van der Waals surface area contributed by atoms with E-state index < -0.39 is 0 Å². The molecule has 1 aromatic carbocycles. The van der Waals surface area contributed by atoms with Crippen molar-refractivity contribution in [2.24, 2.45) is 4.99 Å². The number of nitrogens with zero attached hydrogens (tertiary/aromatic N) is 1. The Labute approximate surface area is 93.4 Å². The maximum atomic E-state index is 13.4. The summed E-state index contributed by atoms with van der Waals surface area (Å²) >= 11 is 0. The lowest BCUT2D eigenvalue weighted by molar-refractivity contribution is -0.115. The van der Waals surface area contributed by atoms with Crippen molar-refractivity contribution in [2.45, 2.75) is 19.9 Å². The fourth-order valence-electron chi connectivity index (χ4n) is 1.71. The number of carbonyl (C=O) groups excluding carboxylic acids is 1. The normalized spacial score (nSPS) is 20.3. The molecule has 0 spiro atoms. The van der Waals surface area contributed by atoms with Gasteiger partial charge >= 0.3 is 0 Å². The summed E-state index contributed by atoms with van der Waals surface area (Å²) in [6.45, 7) is 4.08. The molecule has 16 heavy (non-hydrogen) atoms. The highest BCUT2D eigenvalue weighted by Crippen LogP contribution is 2.15. The predicted molar refractivity (Wildman–Crippen MR) is 60.1 cm³/mol. The number of amides is 1. The zero-order valence-corrected chi connectivity index (χ0v) is 9.25. The van der Waals surface area contributed by atoms with Crippen LogP contribution in [0, 0.1) is 12.7 Å². The van der Waals surface area contributed by atoms with Crippen LogP contribution in [0.3, 0.4) is 0 Å². The number of hydrogen-bond donors (Lipinski definition) is 1. The van der Waals surface area contributed by atoms with Gasteiger partial charge in [0, 0.05) is 11.6 Å². The van der Waals surface area contributed by atoms with Crippen molar-refractivity contribution in [3.8, 4) is 0 Å². The van der Waals surface area contributed by atoms with Gasteiger partial charge in [0.05, 0.1) is 6.54 Å². The molecular formula is C12H13FN2O. The van der Waals surface area contributed by atoms with Gasteiger partial charge in [0.25, 0.3) is 5.91 Å². The average Bonchev–Trinajstić information content (AvgIpc) is 2.23. The first-order valence-corrected chi connectivity index (χ1v) is 5.20. The summed E-state index contributed by atoms with van der Waals surface area (Å²) in [7, 11) is 0. The third-order valence-electron chi connectivity index (χ3n) is 2.64. The second-order valence-electron chi connectivity index (χ2n) is 3.98. The predicted octanol–water partition coefficient (Wildman–Crippen LogP) is 1.44. The number of carbonyl (C=O) groups is 1. The third kappa shape index (κ3) is 1.83. The Morgan fingerprint density at radius 1 is 1.50 bits per heavy atom. The quantitative estimate of drug-likeness (QED) is 0.764. The number of hydrogen-bond acceptors (Lipinski definition) is 2. The minimum absolute atomic E-state index is 0.0464. The summed E-state index contributed by atoms with van der Waals surface area (Å²) in [5, 5.41) is 2.78. The van der Waals surface area contributed by atoms with Crippen LogP contribution in [0.15, 0.2) is 23.2 Å². The highest BCUT2D eigenvalue weighted by atomic mass is 19.1. The van der Waals surface area contributed by atoms with Gasteiger partial charge in [0.1, 0.15) is 11.5 Å². The molecule has 1 N–H and O–H groups in total. The summed E-state index contributed by atoms with van der Waals surface area (Å²) < 4.78 is 13.4. The Hall–Kier alpha value is -1.71. The SMILES string of the molecule is Cc1c(F)cccc1C1=NCC(C)NC1=O. The molecule has 0 bridgehead atoms. The van der Waals surface area contributed by atoms with Crippen LogP contribution >= 0.6 is 0 Å². The van der Waals surface area contributed by atoms with Crippen LogP contribution in [0.1, 0.15) is 18.1 Å². The van der Waals surface area contributed by atoms with Crippen LogP contribution in [0.2, 0.25) is 0 Å². The lowest BCUT2D eigenvalue weighted by Gasteiger charge is -2.20. The molecule has 0 fully saturated rings. The molecule has 1 heterocycles. The molecule has 1 aromatic rings. The van der Waals surface area contributed by atoms with Gasteiger partial charge in [-0.05, 0) is 25.5 Å². The van der Waals surface area contributed by atoms with Crippen LogP contribution in [0.4, 0.5) is 4.39 Å². The Morgan fingerprint density at radius 3 is 2.94 bits per heavy atom. The molecule has 0 saturated carbocycles. The summed E-state index contributed by atoms with van der Waals surface area (Å²) in [5.74, 6) is -0.543. The van der Waals surface area contributed by atoms with E-state index in [2.05, 4.69) is 10.3 Å². The fourth-order valence-corrected chi connectivity index (χ4v) is 1.71. The Kier molecular flexibility index (Phi) is 2.73. The number of halogens is 1. The molecule has 1 aliphatic rings. The smallest absolute Gasteiger partial charge is 0.270 e. The van der Waals surface area contributed by atoms with Gasteiger partial charge in [-0.3, -0.25) is 9.79 Å². The van der Waals surface area contributed by atoms with Crippen LogP contribution in [0.5, 0.6) is 0 Å². The lowest BCUT2D eigenvalue weighted by atomic mass is 10.0. The summed E-state index contributed by atoms with van der Waals surface area (Å²) in [6.07, 6.45) is 0. The second-order valence-corrected chi connectivity index (χ2v) is 3.98. The first kappa shape index (κ1) is 10.8. The molecule has 0 radical (unpaired) electrons. The van der Waals surface area contributed by atoms with Crippen LogP contribution < -0.4 is 5.32 Å². The molecule has 84 valence electrons. The van der Waals surface area contributed by atoms with Crippen molar-refractivity contribution in [3.63, 3.8) is 0 Å². The first-order valence-electron chi connectivity index (χ1n) is 5.20. The molecule has 1 atom stereocenters. The first-order chi connectivity index (χ1) is 7.59. The van der Waals surface area contributed by atoms with Crippen molar-refractivity contribution in [1.29, 1.82) is 0 Å². The van der Waals surface area contributed by atoms with Crippen LogP contribution in [0.25, 0.3) is 0 Å². The van der Waals surface area contributed by atoms with Gasteiger partial charge in [-0.25, -0.2) is 4.39 Å². The Morgan fingerprint density at radius 2 is 2.25 bits per heavy atom. The minimum Gasteiger partial charge on any atom is -0.346 e. The summed E-state index contributed by atoms with van der Waals surface area (Å²) in [5.41, 5.74) is 1.37. The number of aliphatic imine (C=N–C) groups is 1. The zero-order valence-electron chi connectivity index (χ0n) is 9.25. The van der Waals surface area contributed by atoms with Crippen molar-refractivity contribution in [2.75, 3.05) is 6.54 Å². The lowest BCUT2D eigenvalue weighted by Crippen LogP contribution is -2.44. The van der Waals surface area contributed by atoms with E-state index in [0.717, 1.165) is 0 Å². The highest BCUT2D eigenvalue weighted by Gasteiger charge is 2.22. The summed E-state index contributed by atoms with van der Waals surface area (Å²) in [4.78, 5) is 15.9. The average molecular weight is 220 g/mol. The highest BCUT2D eigenvalue weighted by molar-refractivity contribution is 6.46. The van der Waals surface area contributed by atoms with E-state index in [1.54, 1.807) is 19.1 Å². The van der Waals surface area contributed by atoms with Crippen LogP contribution in [-0.2, 0) is 4.79 Å². The number of benzene rings is 1. The van der Waals surface area contributed by atoms with Crippen molar-refractivity contribution in [3.05, 3.63) is 35.1 Å². The van der Waals surface area contributed by atoms with E-state index in [0.29, 0.717) is 23.4 Å². The fraction of sp³-hybridized carbons (Fsp3) is 0.333. The molecule has 1 unspecified atom stereocenters. The third-order valence-corrected chi connectivity index (χ3v) is 2.64. The standard InChI is InChI=1S/C12H13FN2O/c1-7-6-14-11(12(16)15-7)9-4-3-5-10(13)8(9)2/h3-5,7H,6H2,1-2H3,(H,15,16). The maximum absolute atomic E-state index is 13.4. The van der Waals surface area contributed by atoms with Gasteiger partial charge in [-0.2, -0.15) is 0 Å². The van der Waals surface area contributed by atoms with Crippen molar-refractivity contribution >= 4 is 11.6 Å². The molecule has 1 amide bonds.